The fraction of sp³-hybridized carbons (Fsp3) is 0.0952. The quantitative estimate of drug-likeness (QED) is 0.488. The first kappa shape index (κ1) is 18.7. The van der Waals surface area contributed by atoms with Crippen LogP contribution < -0.4 is 10.1 Å². The van der Waals surface area contributed by atoms with Crippen molar-refractivity contribution in [2.75, 3.05) is 12.4 Å². The molecule has 0 radical (unpaired) electrons. The summed E-state index contributed by atoms with van der Waals surface area (Å²) in [7, 11) is 1.59. The number of carbonyl (C=O) groups is 2. The van der Waals surface area contributed by atoms with Crippen LogP contribution in [0, 0.1) is 0 Å². The standard InChI is InChI=1S/C21H17N3O4S/c1-27-17-8-6-16(7-9-17)23-20(25)15-4-2-14(3-5-15)11-28-21(26)18-12-29-19-10-22-13-24(18)19/h2-10,12-13H,11H2,1H3,(H,23,25). The maximum atomic E-state index is 12.4. The van der Waals surface area contributed by atoms with Crippen LogP contribution in [0.1, 0.15) is 26.4 Å². The van der Waals surface area contributed by atoms with Crippen molar-refractivity contribution in [3.63, 3.8) is 0 Å². The van der Waals surface area contributed by atoms with Crippen LogP contribution in [0.25, 0.3) is 4.83 Å². The minimum atomic E-state index is -0.421. The number of carbonyl (C=O) groups excluding carboxylic acids is 2. The first-order valence-electron chi connectivity index (χ1n) is 8.75. The van der Waals surface area contributed by atoms with Crippen molar-refractivity contribution in [3.05, 3.63) is 83.3 Å². The number of hydrogen-bond donors (Lipinski definition) is 1. The smallest absolute Gasteiger partial charge is 0.356 e. The van der Waals surface area contributed by atoms with E-state index in [1.807, 2.05) is 0 Å². The maximum absolute atomic E-state index is 12.4. The number of benzene rings is 2. The van der Waals surface area contributed by atoms with Crippen LogP contribution in [0.15, 0.2) is 66.4 Å². The third-order valence-corrected chi connectivity index (χ3v) is 5.18. The topological polar surface area (TPSA) is 81.9 Å². The fourth-order valence-corrected chi connectivity index (χ4v) is 3.55. The number of esters is 1. The van der Waals surface area contributed by atoms with Crippen LogP contribution in [0.4, 0.5) is 5.69 Å². The van der Waals surface area contributed by atoms with E-state index in [-0.39, 0.29) is 12.5 Å². The molecule has 1 amide bonds. The lowest BCUT2D eigenvalue weighted by molar-refractivity contribution is 0.0464. The molecule has 0 aliphatic rings. The van der Waals surface area contributed by atoms with Gasteiger partial charge in [-0.05, 0) is 42.0 Å². The second-order valence-electron chi connectivity index (χ2n) is 6.18. The number of aromatic nitrogens is 2. The van der Waals surface area contributed by atoms with E-state index in [1.165, 1.54) is 11.3 Å². The van der Waals surface area contributed by atoms with Crippen molar-refractivity contribution in [1.82, 2.24) is 9.38 Å². The molecular weight excluding hydrogens is 390 g/mol. The highest BCUT2D eigenvalue weighted by molar-refractivity contribution is 7.15. The van der Waals surface area contributed by atoms with Gasteiger partial charge < -0.3 is 14.8 Å². The summed E-state index contributed by atoms with van der Waals surface area (Å²) in [6.07, 6.45) is 3.27. The van der Waals surface area contributed by atoms with Crippen LogP contribution in [0.2, 0.25) is 0 Å². The zero-order chi connectivity index (χ0) is 20.2. The van der Waals surface area contributed by atoms with E-state index in [0.717, 1.165) is 16.1 Å². The number of rotatable bonds is 6. The molecule has 4 aromatic rings. The van der Waals surface area contributed by atoms with E-state index >= 15 is 0 Å². The molecule has 0 atom stereocenters. The number of nitrogens with zero attached hydrogens (tertiary/aromatic N) is 2. The monoisotopic (exact) mass is 407 g/mol. The molecule has 2 heterocycles. The summed E-state index contributed by atoms with van der Waals surface area (Å²) in [5.41, 5.74) is 2.42. The molecular formula is C21H17N3O4S. The normalized spacial score (nSPS) is 10.7. The van der Waals surface area contributed by atoms with Crippen molar-refractivity contribution < 1.29 is 19.1 Å². The SMILES string of the molecule is COc1ccc(NC(=O)c2ccc(COC(=O)c3csc4cncn34)cc2)cc1. The highest BCUT2D eigenvalue weighted by Gasteiger charge is 2.14. The summed E-state index contributed by atoms with van der Waals surface area (Å²) in [5, 5.41) is 4.57. The van der Waals surface area contributed by atoms with Gasteiger partial charge in [0, 0.05) is 16.6 Å². The van der Waals surface area contributed by atoms with Crippen molar-refractivity contribution in [2.45, 2.75) is 6.61 Å². The lowest BCUT2D eigenvalue weighted by atomic mass is 10.1. The van der Waals surface area contributed by atoms with E-state index in [1.54, 1.807) is 77.9 Å². The fourth-order valence-electron chi connectivity index (χ4n) is 2.72. The molecule has 0 aliphatic carbocycles. The van der Waals surface area contributed by atoms with Gasteiger partial charge in [0.25, 0.3) is 5.91 Å². The molecule has 2 aromatic heterocycles. The molecule has 0 aliphatic heterocycles. The third-order valence-electron chi connectivity index (χ3n) is 4.30. The number of methoxy groups -OCH3 is 1. The molecule has 7 nitrogen and oxygen atoms in total. The van der Waals surface area contributed by atoms with Crippen LogP contribution in [0.5, 0.6) is 5.75 Å². The van der Waals surface area contributed by atoms with Crippen molar-refractivity contribution in [2.24, 2.45) is 0 Å². The molecule has 146 valence electrons. The van der Waals surface area contributed by atoms with Gasteiger partial charge in [-0.3, -0.25) is 9.20 Å². The van der Waals surface area contributed by atoms with Crippen LogP contribution in [-0.4, -0.2) is 28.4 Å². The molecule has 0 saturated heterocycles. The Bertz CT molecular complexity index is 1150. The highest BCUT2D eigenvalue weighted by atomic mass is 32.1. The number of thiazole rings is 1. The molecule has 4 rings (SSSR count). The predicted molar refractivity (Wildman–Crippen MR) is 110 cm³/mol. The van der Waals surface area contributed by atoms with Crippen molar-refractivity contribution in [1.29, 1.82) is 0 Å². The average Bonchev–Trinajstić information content (AvgIpc) is 3.37. The van der Waals surface area contributed by atoms with Gasteiger partial charge in [-0.15, -0.1) is 11.3 Å². The Hall–Kier alpha value is -3.65. The Morgan fingerprint density at radius 2 is 1.86 bits per heavy atom. The minimum absolute atomic E-state index is 0.116. The first-order chi connectivity index (χ1) is 14.1. The van der Waals surface area contributed by atoms with Gasteiger partial charge in [-0.25, -0.2) is 9.78 Å². The molecule has 0 bridgehead atoms. The van der Waals surface area contributed by atoms with E-state index in [9.17, 15) is 9.59 Å². The average molecular weight is 407 g/mol. The molecule has 29 heavy (non-hydrogen) atoms. The van der Waals surface area contributed by atoms with Gasteiger partial charge in [0.1, 0.15) is 29.2 Å². The molecule has 0 fully saturated rings. The summed E-state index contributed by atoms with van der Waals surface area (Å²) in [6.45, 7) is 0.116. The van der Waals surface area contributed by atoms with E-state index in [0.29, 0.717) is 16.9 Å². The van der Waals surface area contributed by atoms with Crippen LogP contribution in [0.3, 0.4) is 0 Å². The van der Waals surface area contributed by atoms with Gasteiger partial charge in [0.05, 0.1) is 13.3 Å². The second-order valence-corrected chi connectivity index (χ2v) is 7.07. The van der Waals surface area contributed by atoms with E-state index < -0.39 is 5.97 Å². The van der Waals surface area contributed by atoms with Crippen molar-refractivity contribution >= 4 is 33.7 Å². The number of ether oxygens (including phenoxy) is 2. The minimum Gasteiger partial charge on any atom is -0.497 e. The molecule has 0 spiro atoms. The van der Waals surface area contributed by atoms with Gasteiger partial charge >= 0.3 is 5.97 Å². The zero-order valence-electron chi connectivity index (χ0n) is 15.5. The summed E-state index contributed by atoms with van der Waals surface area (Å²) in [4.78, 5) is 29.5. The Kier molecular flexibility index (Phi) is 5.26. The second kappa shape index (κ2) is 8.15. The van der Waals surface area contributed by atoms with Crippen molar-refractivity contribution in [3.8, 4) is 5.75 Å². The summed E-state index contributed by atoms with van der Waals surface area (Å²) >= 11 is 1.43. The lowest BCUT2D eigenvalue weighted by Crippen LogP contribution is -2.12. The summed E-state index contributed by atoms with van der Waals surface area (Å²) in [6, 6.07) is 14.0. The number of imidazole rings is 1. The predicted octanol–water partition coefficient (Wildman–Crippen LogP) is 4.01. The Balaban J connectivity index is 1.35. The third kappa shape index (κ3) is 4.12. The Morgan fingerprint density at radius 3 is 2.59 bits per heavy atom. The lowest BCUT2D eigenvalue weighted by Gasteiger charge is -2.08. The van der Waals surface area contributed by atoms with Crippen LogP contribution in [-0.2, 0) is 11.3 Å². The van der Waals surface area contributed by atoms with Gasteiger partial charge in [0.15, 0.2) is 0 Å². The molecule has 1 N–H and O–H groups in total. The number of fused-ring (bicyclic) bond motifs is 1. The van der Waals surface area contributed by atoms with Gasteiger partial charge in [0.2, 0.25) is 0 Å². The van der Waals surface area contributed by atoms with Crippen LogP contribution >= 0.6 is 11.3 Å². The largest absolute Gasteiger partial charge is 0.497 e. The number of anilines is 1. The molecule has 2 aromatic carbocycles. The number of hydrogen-bond acceptors (Lipinski definition) is 6. The van der Waals surface area contributed by atoms with Gasteiger partial charge in [-0.1, -0.05) is 12.1 Å². The van der Waals surface area contributed by atoms with Gasteiger partial charge in [-0.2, -0.15) is 0 Å². The number of amides is 1. The summed E-state index contributed by atoms with van der Waals surface area (Å²) < 4.78 is 12.2. The zero-order valence-corrected chi connectivity index (χ0v) is 16.3. The number of nitrogens with one attached hydrogen (secondary N) is 1. The molecule has 0 saturated carbocycles. The van der Waals surface area contributed by atoms with E-state index in [4.69, 9.17) is 9.47 Å². The molecule has 0 unspecified atom stereocenters. The highest BCUT2D eigenvalue weighted by Crippen LogP contribution is 2.18. The first-order valence-corrected chi connectivity index (χ1v) is 9.63. The van der Waals surface area contributed by atoms with E-state index in [2.05, 4.69) is 10.3 Å². The Morgan fingerprint density at radius 1 is 1.10 bits per heavy atom. The maximum Gasteiger partial charge on any atom is 0.356 e. The molecule has 8 heteroatoms. The Labute approximate surface area is 170 Å². The summed E-state index contributed by atoms with van der Waals surface area (Å²) in [5.74, 6) is 0.0770.